The molecule has 0 spiro atoms. The lowest BCUT2D eigenvalue weighted by atomic mass is 10.2. The summed E-state index contributed by atoms with van der Waals surface area (Å²) in [6, 6.07) is 3.89. The van der Waals surface area contributed by atoms with Gasteiger partial charge in [0, 0.05) is 19.7 Å². The van der Waals surface area contributed by atoms with Crippen molar-refractivity contribution in [3.05, 3.63) is 24.0 Å². The van der Waals surface area contributed by atoms with Gasteiger partial charge in [0.15, 0.2) is 0 Å². The number of nitrogens with one attached hydrogen (secondary N) is 1. The maximum atomic E-state index is 13.9. The highest BCUT2D eigenvalue weighted by Crippen LogP contribution is 2.21. The van der Waals surface area contributed by atoms with E-state index in [0.29, 0.717) is 18.7 Å². The average Bonchev–Trinajstić information content (AvgIpc) is 2.38. The van der Waals surface area contributed by atoms with Crippen molar-refractivity contribution in [2.24, 2.45) is 0 Å². The second kappa shape index (κ2) is 7.83. The molecule has 118 valence electrons. The van der Waals surface area contributed by atoms with Crippen LogP contribution in [0.15, 0.2) is 18.2 Å². The zero-order valence-electron chi connectivity index (χ0n) is 12.9. The Hall–Kier alpha value is -1.82. The van der Waals surface area contributed by atoms with Crippen molar-refractivity contribution in [1.29, 1.82) is 0 Å². The Morgan fingerprint density at radius 1 is 1.43 bits per heavy atom. The lowest BCUT2D eigenvalue weighted by Gasteiger charge is -2.19. The van der Waals surface area contributed by atoms with E-state index in [0.717, 1.165) is 0 Å². The Morgan fingerprint density at radius 3 is 2.62 bits per heavy atom. The van der Waals surface area contributed by atoms with E-state index >= 15 is 0 Å². The first-order valence-corrected chi connectivity index (χ1v) is 6.96. The minimum absolute atomic E-state index is 0.0450. The van der Waals surface area contributed by atoms with Crippen molar-refractivity contribution in [3.8, 4) is 5.75 Å². The van der Waals surface area contributed by atoms with Crippen molar-refractivity contribution in [2.75, 3.05) is 18.9 Å². The molecule has 1 aromatic carbocycles. The first-order chi connectivity index (χ1) is 9.79. The summed E-state index contributed by atoms with van der Waals surface area (Å²) in [4.78, 5) is 13.3. The summed E-state index contributed by atoms with van der Waals surface area (Å²) in [6.07, 6.45) is -0.0611. The highest BCUT2D eigenvalue weighted by molar-refractivity contribution is 5.89. The molecule has 1 unspecified atom stereocenters. The van der Waals surface area contributed by atoms with E-state index in [2.05, 4.69) is 5.32 Å². The van der Waals surface area contributed by atoms with Crippen LogP contribution in [0.5, 0.6) is 5.75 Å². The van der Waals surface area contributed by atoms with E-state index < -0.39 is 18.0 Å². The second-order valence-corrected chi connectivity index (χ2v) is 5.30. The molecule has 0 fully saturated rings. The van der Waals surface area contributed by atoms with E-state index in [9.17, 15) is 14.3 Å². The number of ether oxygens (including phenoxy) is 1. The van der Waals surface area contributed by atoms with Crippen LogP contribution in [0.2, 0.25) is 0 Å². The Balaban J connectivity index is 2.63. The molecule has 5 nitrogen and oxygen atoms in total. The minimum atomic E-state index is -0.551. The molecule has 0 heterocycles. The second-order valence-electron chi connectivity index (χ2n) is 5.30. The number of rotatable bonds is 6. The first kappa shape index (κ1) is 17.2. The fourth-order valence-corrected chi connectivity index (χ4v) is 1.64. The topological polar surface area (TPSA) is 61.8 Å². The van der Waals surface area contributed by atoms with Crippen LogP contribution in [0.3, 0.4) is 0 Å². The summed E-state index contributed by atoms with van der Waals surface area (Å²) >= 11 is 0. The van der Waals surface area contributed by atoms with Gasteiger partial charge in [-0.25, -0.2) is 9.18 Å². The van der Waals surface area contributed by atoms with Gasteiger partial charge in [0.1, 0.15) is 11.6 Å². The SMILES string of the molecule is CC(O)CCN(C)C(=O)Nc1ccc(OC(C)C)cc1F. The van der Waals surface area contributed by atoms with Crippen molar-refractivity contribution in [3.63, 3.8) is 0 Å². The summed E-state index contributed by atoms with van der Waals surface area (Å²) in [7, 11) is 1.59. The smallest absolute Gasteiger partial charge is 0.321 e. The zero-order valence-corrected chi connectivity index (χ0v) is 12.9. The Labute approximate surface area is 124 Å². The van der Waals surface area contributed by atoms with Gasteiger partial charge in [-0.3, -0.25) is 0 Å². The molecule has 0 aliphatic rings. The number of benzene rings is 1. The number of carbonyl (C=O) groups excluding carboxylic acids is 1. The largest absolute Gasteiger partial charge is 0.491 e. The van der Waals surface area contributed by atoms with Gasteiger partial charge in [-0.2, -0.15) is 0 Å². The third kappa shape index (κ3) is 5.99. The zero-order chi connectivity index (χ0) is 16.0. The van der Waals surface area contributed by atoms with Crippen molar-refractivity contribution in [2.45, 2.75) is 39.4 Å². The summed E-state index contributed by atoms with van der Waals surface area (Å²) in [6.45, 7) is 5.74. The third-order valence-electron chi connectivity index (χ3n) is 2.78. The quantitative estimate of drug-likeness (QED) is 0.849. The van der Waals surface area contributed by atoms with Crippen molar-refractivity contribution < 1.29 is 19.0 Å². The van der Waals surface area contributed by atoms with E-state index in [1.807, 2.05) is 13.8 Å². The standard InChI is InChI=1S/C15H23FN2O3/c1-10(2)21-12-5-6-14(13(16)9-12)17-15(20)18(4)8-7-11(3)19/h5-6,9-11,19H,7-8H2,1-4H3,(H,17,20). The molecule has 6 heteroatoms. The fourth-order valence-electron chi connectivity index (χ4n) is 1.64. The monoisotopic (exact) mass is 298 g/mol. The first-order valence-electron chi connectivity index (χ1n) is 6.96. The van der Waals surface area contributed by atoms with Gasteiger partial charge < -0.3 is 20.1 Å². The molecule has 2 amide bonds. The van der Waals surface area contributed by atoms with Gasteiger partial charge in [-0.1, -0.05) is 0 Å². The number of urea groups is 1. The number of amides is 2. The molecule has 0 aromatic heterocycles. The molecular weight excluding hydrogens is 275 g/mol. The molecule has 2 N–H and O–H groups in total. The molecule has 0 bridgehead atoms. The van der Waals surface area contributed by atoms with Gasteiger partial charge in [0.25, 0.3) is 0 Å². The molecule has 1 aromatic rings. The van der Waals surface area contributed by atoms with Crippen LogP contribution in [0, 0.1) is 5.82 Å². The van der Waals surface area contributed by atoms with Crippen LogP contribution in [-0.2, 0) is 0 Å². The van der Waals surface area contributed by atoms with Crippen molar-refractivity contribution >= 4 is 11.7 Å². The lowest BCUT2D eigenvalue weighted by molar-refractivity contribution is 0.167. The van der Waals surface area contributed by atoms with Crippen LogP contribution in [0.1, 0.15) is 27.2 Å². The van der Waals surface area contributed by atoms with Crippen LogP contribution >= 0.6 is 0 Å². The Kier molecular flexibility index (Phi) is 6.42. The molecule has 1 rings (SSSR count). The number of hydrogen-bond donors (Lipinski definition) is 2. The van der Waals surface area contributed by atoms with E-state index in [1.54, 1.807) is 20.0 Å². The number of anilines is 1. The average molecular weight is 298 g/mol. The summed E-state index contributed by atoms with van der Waals surface area (Å²) in [5.41, 5.74) is 0.0972. The molecular formula is C15H23FN2O3. The minimum Gasteiger partial charge on any atom is -0.491 e. The van der Waals surface area contributed by atoms with E-state index in [1.165, 1.54) is 17.0 Å². The molecule has 0 aliphatic heterocycles. The maximum absolute atomic E-state index is 13.9. The molecule has 0 saturated carbocycles. The summed E-state index contributed by atoms with van der Waals surface area (Å²) in [5, 5.41) is 11.7. The Morgan fingerprint density at radius 2 is 2.10 bits per heavy atom. The lowest BCUT2D eigenvalue weighted by Crippen LogP contribution is -2.33. The van der Waals surface area contributed by atoms with Crippen LogP contribution in [0.25, 0.3) is 0 Å². The molecule has 21 heavy (non-hydrogen) atoms. The number of carbonyl (C=O) groups is 1. The van der Waals surface area contributed by atoms with Crippen LogP contribution in [-0.4, -0.2) is 41.8 Å². The number of aliphatic hydroxyl groups is 1. The van der Waals surface area contributed by atoms with Crippen LogP contribution in [0.4, 0.5) is 14.9 Å². The highest BCUT2D eigenvalue weighted by atomic mass is 19.1. The highest BCUT2D eigenvalue weighted by Gasteiger charge is 2.13. The third-order valence-corrected chi connectivity index (χ3v) is 2.78. The fraction of sp³-hybridized carbons (Fsp3) is 0.533. The molecule has 0 radical (unpaired) electrons. The van der Waals surface area contributed by atoms with Crippen molar-refractivity contribution in [1.82, 2.24) is 4.90 Å². The maximum Gasteiger partial charge on any atom is 0.321 e. The predicted molar refractivity (Wildman–Crippen MR) is 80.1 cm³/mol. The number of halogens is 1. The van der Waals surface area contributed by atoms with Gasteiger partial charge in [0.05, 0.1) is 17.9 Å². The molecule has 1 atom stereocenters. The molecule has 0 aliphatic carbocycles. The number of nitrogens with zero attached hydrogens (tertiary/aromatic N) is 1. The number of hydrogen-bond acceptors (Lipinski definition) is 3. The van der Waals surface area contributed by atoms with E-state index in [-0.39, 0.29) is 11.8 Å². The number of aliphatic hydroxyl groups excluding tert-OH is 1. The van der Waals surface area contributed by atoms with Crippen LogP contribution < -0.4 is 10.1 Å². The van der Waals surface area contributed by atoms with Gasteiger partial charge in [0.2, 0.25) is 0 Å². The van der Waals surface area contributed by atoms with Gasteiger partial charge in [-0.15, -0.1) is 0 Å². The van der Waals surface area contributed by atoms with E-state index in [4.69, 9.17) is 4.74 Å². The molecule has 0 saturated heterocycles. The summed E-state index contributed by atoms with van der Waals surface area (Å²) < 4.78 is 19.3. The normalized spacial score (nSPS) is 12.1. The Bertz CT molecular complexity index is 478. The van der Waals surface area contributed by atoms with Gasteiger partial charge >= 0.3 is 6.03 Å². The van der Waals surface area contributed by atoms with Gasteiger partial charge in [-0.05, 0) is 39.3 Å². The summed E-state index contributed by atoms with van der Waals surface area (Å²) in [5.74, 6) is -0.131. The predicted octanol–water partition coefficient (Wildman–Crippen LogP) is 2.85.